The quantitative estimate of drug-likeness (QED) is 0.760. The number of esters is 1. The van der Waals surface area contributed by atoms with Gasteiger partial charge in [0.1, 0.15) is 0 Å². The Balaban J connectivity index is 1.58. The van der Waals surface area contributed by atoms with Crippen molar-refractivity contribution in [3.63, 3.8) is 0 Å². The van der Waals surface area contributed by atoms with Crippen molar-refractivity contribution in [1.82, 2.24) is 5.32 Å². The van der Waals surface area contributed by atoms with Crippen LogP contribution in [0.3, 0.4) is 0 Å². The average molecular weight is 389 g/mol. The molecular weight excluding hydrogens is 370 g/mol. The molecule has 1 amide bonds. The molecule has 8 heteroatoms. The van der Waals surface area contributed by atoms with Gasteiger partial charge in [-0.25, -0.2) is 4.79 Å². The third-order valence-corrected chi connectivity index (χ3v) is 4.95. The first-order valence-electron chi connectivity index (χ1n) is 8.25. The Hall–Kier alpha value is -2.87. The summed E-state index contributed by atoms with van der Waals surface area (Å²) >= 11 is 0. The van der Waals surface area contributed by atoms with Gasteiger partial charge in [0, 0.05) is 12.8 Å². The zero-order chi connectivity index (χ0) is 19.4. The van der Waals surface area contributed by atoms with Crippen LogP contribution in [0, 0.1) is 0 Å². The van der Waals surface area contributed by atoms with Crippen molar-refractivity contribution in [3.05, 3.63) is 53.6 Å². The molecule has 2 aromatic rings. The van der Waals surface area contributed by atoms with Crippen molar-refractivity contribution in [2.45, 2.75) is 24.5 Å². The van der Waals surface area contributed by atoms with Gasteiger partial charge in [0.05, 0.1) is 21.3 Å². The van der Waals surface area contributed by atoms with Crippen LogP contribution < -0.4 is 14.8 Å². The van der Waals surface area contributed by atoms with E-state index in [9.17, 15) is 13.8 Å². The molecule has 0 saturated heterocycles. The van der Waals surface area contributed by atoms with E-state index >= 15 is 0 Å². The summed E-state index contributed by atoms with van der Waals surface area (Å²) < 4.78 is 27.5. The Labute approximate surface area is 159 Å². The number of rotatable bonds is 6. The molecule has 0 bridgehead atoms. The highest BCUT2D eigenvalue weighted by atomic mass is 32.2. The third kappa shape index (κ3) is 4.46. The molecule has 142 valence electrons. The van der Waals surface area contributed by atoms with E-state index in [0.717, 1.165) is 5.56 Å². The van der Waals surface area contributed by atoms with E-state index in [1.807, 2.05) is 6.07 Å². The molecule has 0 spiro atoms. The van der Waals surface area contributed by atoms with Gasteiger partial charge in [0.15, 0.2) is 17.6 Å². The Bertz CT molecular complexity index is 898. The van der Waals surface area contributed by atoms with E-state index in [1.165, 1.54) is 19.2 Å². The van der Waals surface area contributed by atoms with Crippen molar-refractivity contribution >= 4 is 22.7 Å². The molecule has 1 heterocycles. The van der Waals surface area contributed by atoms with Gasteiger partial charge in [-0.2, -0.15) is 0 Å². The van der Waals surface area contributed by atoms with Crippen LogP contribution in [0.4, 0.5) is 0 Å². The van der Waals surface area contributed by atoms with E-state index in [0.29, 0.717) is 16.4 Å². The molecular formula is C19H19NO6S. The molecule has 0 radical (unpaired) electrons. The predicted molar refractivity (Wildman–Crippen MR) is 98.1 cm³/mol. The number of carbonyl (C=O) groups is 2. The first-order chi connectivity index (χ1) is 13.0. The number of benzene rings is 2. The van der Waals surface area contributed by atoms with E-state index in [2.05, 4.69) is 5.32 Å². The van der Waals surface area contributed by atoms with E-state index in [4.69, 9.17) is 14.2 Å². The van der Waals surface area contributed by atoms with Gasteiger partial charge in [-0.05, 0) is 36.8 Å². The largest absolute Gasteiger partial charge is 0.454 e. The number of amides is 1. The first kappa shape index (κ1) is 18.9. The molecule has 1 aliphatic rings. The molecule has 0 unspecified atom stereocenters. The minimum atomic E-state index is -1.34. The fourth-order valence-corrected chi connectivity index (χ4v) is 3.28. The third-order valence-electron chi connectivity index (χ3n) is 3.97. The summed E-state index contributed by atoms with van der Waals surface area (Å²) in [6.07, 6.45) is 0.484. The molecule has 27 heavy (non-hydrogen) atoms. The summed E-state index contributed by atoms with van der Waals surface area (Å²) in [4.78, 5) is 24.9. The topological polar surface area (TPSA) is 90.9 Å². The maximum Gasteiger partial charge on any atom is 0.340 e. The summed E-state index contributed by atoms with van der Waals surface area (Å²) in [7, 11) is -1.34. The first-order valence-corrected chi connectivity index (χ1v) is 9.81. The number of nitrogens with one attached hydrogen (secondary N) is 1. The van der Waals surface area contributed by atoms with Crippen LogP contribution in [0.1, 0.15) is 22.8 Å². The van der Waals surface area contributed by atoms with Gasteiger partial charge in [0.25, 0.3) is 5.91 Å². The van der Waals surface area contributed by atoms with Crippen LogP contribution in [0.15, 0.2) is 47.4 Å². The summed E-state index contributed by atoms with van der Waals surface area (Å²) in [5.41, 5.74) is 1.02. The minimum Gasteiger partial charge on any atom is -0.454 e. The molecule has 2 atom stereocenters. The normalized spacial score (nSPS) is 14.3. The van der Waals surface area contributed by atoms with Crippen molar-refractivity contribution < 1.29 is 28.0 Å². The standard InChI is InChI=1S/C19H19NO6S/c1-12(26-19(22)14-5-3-4-6-17(14)27(2)23)18(21)20-10-13-7-8-15-16(9-13)25-11-24-15/h3-9,12H,10-11H2,1-2H3,(H,20,21)/t12-,27-/m0/s1. The fraction of sp³-hybridized carbons (Fsp3) is 0.263. The summed E-state index contributed by atoms with van der Waals surface area (Å²) in [5.74, 6) is 0.174. The van der Waals surface area contributed by atoms with Gasteiger partial charge >= 0.3 is 5.97 Å². The van der Waals surface area contributed by atoms with Crippen LogP contribution in [-0.2, 0) is 26.9 Å². The van der Waals surface area contributed by atoms with Gasteiger partial charge in [0.2, 0.25) is 6.79 Å². The lowest BCUT2D eigenvalue weighted by Crippen LogP contribution is -2.35. The molecule has 0 fully saturated rings. The van der Waals surface area contributed by atoms with E-state index in [1.54, 1.807) is 30.3 Å². The second kappa shape index (κ2) is 8.22. The maximum atomic E-state index is 12.3. The van der Waals surface area contributed by atoms with E-state index < -0.39 is 28.8 Å². The van der Waals surface area contributed by atoms with Gasteiger partial charge < -0.3 is 19.5 Å². The zero-order valence-corrected chi connectivity index (χ0v) is 15.7. The number of carbonyl (C=O) groups excluding carboxylic acids is 2. The van der Waals surface area contributed by atoms with Gasteiger partial charge in [-0.3, -0.25) is 9.00 Å². The second-order valence-electron chi connectivity index (χ2n) is 5.90. The summed E-state index contributed by atoms with van der Waals surface area (Å²) in [5, 5.41) is 2.71. The Morgan fingerprint density at radius 3 is 2.70 bits per heavy atom. The lowest BCUT2D eigenvalue weighted by atomic mass is 10.2. The SMILES string of the molecule is C[C@H](OC(=O)c1ccccc1[S@](C)=O)C(=O)NCc1ccc2c(c1)OCO2. The number of hydrogen-bond acceptors (Lipinski definition) is 6. The molecule has 1 N–H and O–H groups in total. The molecule has 7 nitrogen and oxygen atoms in total. The van der Waals surface area contributed by atoms with Crippen molar-refractivity contribution in [3.8, 4) is 11.5 Å². The number of hydrogen-bond donors (Lipinski definition) is 1. The summed E-state index contributed by atoms with van der Waals surface area (Å²) in [6.45, 7) is 1.92. The van der Waals surface area contributed by atoms with E-state index in [-0.39, 0.29) is 18.9 Å². The monoisotopic (exact) mass is 389 g/mol. The van der Waals surface area contributed by atoms with Gasteiger partial charge in [-0.15, -0.1) is 0 Å². The van der Waals surface area contributed by atoms with Crippen molar-refractivity contribution in [2.75, 3.05) is 13.0 Å². The lowest BCUT2D eigenvalue weighted by Gasteiger charge is -2.14. The lowest BCUT2D eigenvalue weighted by molar-refractivity contribution is -0.129. The Morgan fingerprint density at radius 1 is 1.19 bits per heavy atom. The Morgan fingerprint density at radius 2 is 1.93 bits per heavy atom. The molecule has 0 aliphatic carbocycles. The van der Waals surface area contributed by atoms with Crippen LogP contribution in [0.25, 0.3) is 0 Å². The second-order valence-corrected chi connectivity index (χ2v) is 7.25. The molecule has 2 aromatic carbocycles. The van der Waals surface area contributed by atoms with Gasteiger partial charge in [-0.1, -0.05) is 18.2 Å². The molecule has 3 rings (SSSR count). The zero-order valence-electron chi connectivity index (χ0n) is 14.9. The molecule has 0 aromatic heterocycles. The summed E-state index contributed by atoms with van der Waals surface area (Å²) in [6, 6.07) is 11.8. The van der Waals surface area contributed by atoms with Crippen LogP contribution in [-0.4, -0.2) is 35.2 Å². The highest BCUT2D eigenvalue weighted by molar-refractivity contribution is 7.84. The van der Waals surface area contributed by atoms with Crippen LogP contribution >= 0.6 is 0 Å². The molecule has 0 saturated carbocycles. The maximum absolute atomic E-state index is 12.3. The molecule has 1 aliphatic heterocycles. The fourth-order valence-electron chi connectivity index (χ4n) is 2.55. The predicted octanol–water partition coefficient (Wildman–Crippen LogP) is 2.01. The minimum absolute atomic E-state index is 0.183. The Kier molecular flexibility index (Phi) is 5.75. The highest BCUT2D eigenvalue weighted by Crippen LogP contribution is 2.32. The highest BCUT2D eigenvalue weighted by Gasteiger charge is 2.22. The van der Waals surface area contributed by atoms with Crippen molar-refractivity contribution in [1.29, 1.82) is 0 Å². The number of fused-ring (bicyclic) bond motifs is 1. The average Bonchev–Trinajstić information content (AvgIpc) is 3.13. The van der Waals surface area contributed by atoms with Crippen molar-refractivity contribution in [2.24, 2.45) is 0 Å². The van der Waals surface area contributed by atoms with Crippen LogP contribution in [0.2, 0.25) is 0 Å². The van der Waals surface area contributed by atoms with Crippen LogP contribution in [0.5, 0.6) is 11.5 Å². The number of ether oxygens (including phenoxy) is 3. The smallest absolute Gasteiger partial charge is 0.340 e.